The molecule has 3 N–H and O–H groups in total. The van der Waals surface area contributed by atoms with E-state index in [9.17, 15) is 24.9 Å². The minimum atomic E-state index is -1.93. The summed E-state index contributed by atoms with van der Waals surface area (Å²) in [4.78, 5) is 24.6. The van der Waals surface area contributed by atoms with Gasteiger partial charge in [0.1, 0.15) is 11.7 Å². The first-order chi connectivity index (χ1) is 12.9. The van der Waals surface area contributed by atoms with Crippen molar-refractivity contribution in [3.05, 3.63) is 23.8 Å². The van der Waals surface area contributed by atoms with Crippen LogP contribution in [0.5, 0.6) is 0 Å². The molecule has 8 nitrogen and oxygen atoms in total. The molecule has 156 valence electrons. The van der Waals surface area contributed by atoms with Gasteiger partial charge in [0, 0.05) is 23.5 Å². The summed E-state index contributed by atoms with van der Waals surface area (Å²) in [5.41, 5.74) is -1.38. The van der Waals surface area contributed by atoms with Crippen molar-refractivity contribution in [1.29, 1.82) is 0 Å². The Hall–Kier alpha value is -1.74. The standard InChI is InChI=1S/C20H28O8/c1-6-9(2)17(22)27-16-14-13(11(4)18(23)26-14)15(21)20(25)10(3)7-12(28-20)8-19(16,5)24/h6,10,12-16,21,24-25H,4,7-8H2,1-3,5H3/b9-6-/t10-,12?,13?,14?,15+,16-,19+,20+/m1/s1. The molecule has 3 heterocycles. The average Bonchev–Trinajstić information content (AvgIpc) is 3.06. The molecule has 8 heteroatoms. The molecule has 0 radical (unpaired) electrons. The van der Waals surface area contributed by atoms with Crippen molar-refractivity contribution in [2.75, 3.05) is 0 Å². The third-order valence-corrected chi connectivity index (χ3v) is 6.24. The highest BCUT2D eigenvalue weighted by Gasteiger charge is 2.63. The molecule has 0 aromatic heterocycles. The van der Waals surface area contributed by atoms with E-state index in [0.29, 0.717) is 12.0 Å². The fraction of sp³-hybridized carbons (Fsp3) is 0.700. The third kappa shape index (κ3) is 3.18. The molecule has 3 fully saturated rings. The predicted octanol–water partition coefficient (Wildman–Crippen LogP) is 0.591. The number of allylic oxidation sites excluding steroid dienone is 1. The van der Waals surface area contributed by atoms with Crippen LogP contribution in [-0.4, -0.2) is 63.1 Å². The summed E-state index contributed by atoms with van der Waals surface area (Å²) in [6.45, 7) is 10.1. The highest BCUT2D eigenvalue weighted by atomic mass is 16.7. The summed E-state index contributed by atoms with van der Waals surface area (Å²) < 4.78 is 16.6. The Balaban J connectivity index is 2.08. The van der Waals surface area contributed by atoms with E-state index in [0.717, 1.165) is 0 Å². The maximum Gasteiger partial charge on any atom is 0.334 e. The Morgan fingerprint density at radius 1 is 1.39 bits per heavy atom. The van der Waals surface area contributed by atoms with Gasteiger partial charge >= 0.3 is 11.9 Å². The van der Waals surface area contributed by atoms with Crippen LogP contribution in [0.4, 0.5) is 0 Å². The Morgan fingerprint density at radius 3 is 2.64 bits per heavy atom. The third-order valence-electron chi connectivity index (χ3n) is 6.24. The van der Waals surface area contributed by atoms with Crippen molar-refractivity contribution in [2.24, 2.45) is 11.8 Å². The van der Waals surface area contributed by atoms with E-state index in [-0.39, 0.29) is 12.0 Å². The SMILES string of the molecule is C=C1C(=O)OC2C1[C@H](O)[C@@]1(O)OC(C[C@H]1C)C[C@](C)(O)[C@@H]2OC(=O)/C(C)=C\C. The van der Waals surface area contributed by atoms with Gasteiger partial charge in [-0.15, -0.1) is 0 Å². The van der Waals surface area contributed by atoms with E-state index in [2.05, 4.69) is 6.58 Å². The molecule has 0 aromatic carbocycles. The lowest BCUT2D eigenvalue weighted by Crippen LogP contribution is -2.57. The van der Waals surface area contributed by atoms with Crippen LogP contribution in [0, 0.1) is 11.8 Å². The van der Waals surface area contributed by atoms with Crippen molar-refractivity contribution in [3.63, 3.8) is 0 Å². The minimum absolute atomic E-state index is 0.0203. The van der Waals surface area contributed by atoms with Crippen LogP contribution in [0.1, 0.15) is 40.5 Å². The largest absolute Gasteiger partial charge is 0.454 e. The number of hydrogen-bond acceptors (Lipinski definition) is 8. The Morgan fingerprint density at radius 2 is 2.04 bits per heavy atom. The van der Waals surface area contributed by atoms with Crippen LogP contribution in [0.25, 0.3) is 0 Å². The number of hydrogen-bond donors (Lipinski definition) is 3. The number of aliphatic hydroxyl groups excluding tert-OH is 1. The quantitative estimate of drug-likeness (QED) is 0.458. The van der Waals surface area contributed by atoms with Crippen LogP contribution in [0.15, 0.2) is 23.8 Å². The zero-order valence-electron chi connectivity index (χ0n) is 16.5. The average molecular weight is 396 g/mol. The molecule has 0 aromatic rings. The molecule has 0 spiro atoms. The lowest BCUT2D eigenvalue weighted by molar-refractivity contribution is -0.272. The maximum absolute atomic E-state index is 12.4. The molecule has 0 saturated carbocycles. The van der Waals surface area contributed by atoms with Gasteiger partial charge in [-0.05, 0) is 27.2 Å². The Kier molecular flexibility index (Phi) is 5.21. The molecule has 0 amide bonds. The van der Waals surface area contributed by atoms with Gasteiger partial charge in [-0.1, -0.05) is 19.6 Å². The zero-order chi connectivity index (χ0) is 21.0. The van der Waals surface area contributed by atoms with Gasteiger partial charge in [0.05, 0.1) is 12.0 Å². The van der Waals surface area contributed by atoms with Gasteiger partial charge in [-0.2, -0.15) is 0 Å². The number of ether oxygens (including phenoxy) is 3. The van der Waals surface area contributed by atoms with Gasteiger partial charge in [0.2, 0.25) is 0 Å². The lowest BCUT2D eigenvalue weighted by atomic mass is 9.75. The molecule has 3 rings (SSSR count). The van der Waals surface area contributed by atoms with Gasteiger partial charge < -0.3 is 29.5 Å². The molecule has 3 aliphatic heterocycles. The monoisotopic (exact) mass is 396 g/mol. The Labute approximate surface area is 163 Å². The topological polar surface area (TPSA) is 123 Å². The summed E-state index contributed by atoms with van der Waals surface area (Å²) in [6.07, 6.45) is -2.64. The van der Waals surface area contributed by atoms with Crippen LogP contribution in [-0.2, 0) is 23.8 Å². The summed E-state index contributed by atoms with van der Waals surface area (Å²) in [7, 11) is 0. The van der Waals surface area contributed by atoms with Crippen molar-refractivity contribution in [3.8, 4) is 0 Å². The highest BCUT2D eigenvalue weighted by Crippen LogP contribution is 2.48. The summed E-state index contributed by atoms with van der Waals surface area (Å²) in [6, 6.07) is 0. The number of fused-ring (bicyclic) bond motifs is 3. The number of carbonyl (C=O) groups is 2. The van der Waals surface area contributed by atoms with Gasteiger partial charge in [0.15, 0.2) is 18.0 Å². The van der Waals surface area contributed by atoms with E-state index >= 15 is 0 Å². The first-order valence-electron chi connectivity index (χ1n) is 9.46. The highest BCUT2D eigenvalue weighted by molar-refractivity contribution is 5.91. The second kappa shape index (κ2) is 6.95. The molecular weight excluding hydrogens is 368 g/mol. The van der Waals surface area contributed by atoms with Gasteiger partial charge in [0.25, 0.3) is 0 Å². The summed E-state index contributed by atoms with van der Waals surface area (Å²) in [5, 5.41) is 33.2. The molecule has 28 heavy (non-hydrogen) atoms. The smallest absolute Gasteiger partial charge is 0.334 e. The van der Waals surface area contributed by atoms with Crippen molar-refractivity contribution >= 4 is 11.9 Å². The van der Waals surface area contributed by atoms with Crippen molar-refractivity contribution < 1.29 is 39.1 Å². The van der Waals surface area contributed by atoms with Gasteiger partial charge in [-0.3, -0.25) is 0 Å². The Bertz CT molecular complexity index is 726. The first-order valence-corrected chi connectivity index (χ1v) is 9.46. The van der Waals surface area contributed by atoms with Crippen LogP contribution < -0.4 is 0 Å². The van der Waals surface area contributed by atoms with Crippen LogP contribution >= 0.6 is 0 Å². The van der Waals surface area contributed by atoms with Crippen LogP contribution in [0.2, 0.25) is 0 Å². The van der Waals surface area contributed by atoms with Crippen LogP contribution in [0.3, 0.4) is 0 Å². The normalized spacial score (nSPS) is 46.3. The van der Waals surface area contributed by atoms with E-state index in [1.807, 2.05) is 0 Å². The molecule has 2 bridgehead atoms. The van der Waals surface area contributed by atoms with E-state index in [1.54, 1.807) is 26.8 Å². The fourth-order valence-corrected chi connectivity index (χ4v) is 4.42. The van der Waals surface area contributed by atoms with E-state index in [1.165, 1.54) is 6.92 Å². The fourth-order valence-electron chi connectivity index (χ4n) is 4.42. The molecular formula is C20H28O8. The first kappa shape index (κ1) is 21.0. The van der Waals surface area contributed by atoms with Crippen molar-refractivity contribution in [2.45, 2.75) is 76.3 Å². The number of carbonyl (C=O) groups excluding carboxylic acids is 2. The molecule has 3 saturated heterocycles. The number of aliphatic hydroxyl groups is 3. The van der Waals surface area contributed by atoms with Crippen molar-refractivity contribution in [1.82, 2.24) is 0 Å². The summed E-state index contributed by atoms with van der Waals surface area (Å²) >= 11 is 0. The van der Waals surface area contributed by atoms with E-state index in [4.69, 9.17) is 14.2 Å². The molecule has 3 unspecified atom stereocenters. The number of esters is 2. The minimum Gasteiger partial charge on any atom is -0.454 e. The van der Waals surface area contributed by atoms with E-state index < -0.39 is 59.6 Å². The number of rotatable bonds is 2. The maximum atomic E-state index is 12.4. The van der Waals surface area contributed by atoms with Gasteiger partial charge in [-0.25, -0.2) is 9.59 Å². The zero-order valence-corrected chi connectivity index (χ0v) is 16.5. The second-order valence-electron chi connectivity index (χ2n) is 8.35. The lowest BCUT2D eigenvalue weighted by Gasteiger charge is -2.39. The molecule has 0 aliphatic carbocycles. The second-order valence-corrected chi connectivity index (χ2v) is 8.35. The molecule has 8 atom stereocenters. The summed E-state index contributed by atoms with van der Waals surface area (Å²) in [5.74, 6) is -4.94. The predicted molar refractivity (Wildman–Crippen MR) is 96.7 cm³/mol. The molecule has 3 aliphatic rings.